The first-order valence-corrected chi connectivity index (χ1v) is 13.6. The Morgan fingerprint density at radius 3 is 2.61 bits per heavy atom. The average Bonchev–Trinajstić information content (AvgIpc) is 3.09. The Morgan fingerprint density at radius 1 is 1.00 bits per heavy atom. The van der Waals surface area contributed by atoms with Crippen molar-refractivity contribution < 1.29 is 5.11 Å². The molecule has 4 aliphatic carbocycles. The molecule has 0 bridgehead atoms. The fraction of sp³-hybridized carbons (Fsp3) is 0.828. The summed E-state index contributed by atoms with van der Waals surface area (Å²) >= 11 is 0. The van der Waals surface area contributed by atoms with Crippen molar-refractivity contribution >= 4 is 0 Å². The summed E-state index contributed by atoms with van der Waals surface area (Å²) in [7, 11) is 0. The van der Waals surface area contributed by atoms with E-state index in [2.05, 4.69) is 44.1 Å². The highest BCUT2D eigenvalue weighted by atomic mass is 16.3. The van der Waals surface area contributed by atoms with Gasteiger partial charge in [-0.1, -0.05) is 26.3 Å². The van der Waals surface area contributed by atoms with Gasteiger partial charge in [-0.05, 0) is 137 Å². The molecule has 0 saturated heterocycles. The number of hydrogen-bond donors (Lipinski definition) is 1. The molecule has 172 valence electrons. The van der Waals surface area contributed by atoms with Gasteiger partial charge in [0.1, 0.15) is 0 Å². The Balaban J connectivity index is 1.24. The van der Waals surface area contributed by atoms with Crippen LogP contribution in [0, 0.1) is 47.8 Å². The van der Waals surface area contributed by atoms with Crippen LogP contribution in [-0.4, -0.2) is 15.7 Å². The zero-order chi connectivity index (χ0) is 21.6. The van der Waals surface area contributed by atoms with Crippen LogP contribution in [0.4, 0.5) is 0 Å². The van der Waals surface area contributed by atoms with Gasteiger partial charge in [-0.2, -0.15) is 0 Å². The summed E-state index contributed by atoms with van der Waals surface area (Å²) < 4.78 is 0. The van der Waals surface area contributed by atoms with E-state index in [-0.39, 0.29) is 5.60 Å². The Kier molecular flexibility index (Phi) is 5.99. The third-order valence-corrected chi connectivity index (χ3v) is 10.8. The predicted molar refractivity (Wildman–Crippen MR) is 128 cm³/mol. The number of aryl methyl sites for hydroxylation is 2. The molecule has 5 rings (SSSR count). The van der Waals surface area contributed by atoms with Crippen molar-refractivity contribution in [3.63, 3.8) is 0 Å². The van der Waals surface area contributed by atoms with Crippen molar-refractivity contribution in [1.82, 2.24) is 4.98 Å². The van der Waals surface area contributed by atoms with Crippen molar-refractivity contribution in [3.8, 4) is 0 Å². The Labute approximate surface area is 190 Å². The number of fused-ring (bicyclic) bond motifs is 5. The lowest BCUT2D eigenvalue weighted by atomic mass is 9.48. The first kappa shape index (κ1) is 21.9. The van der Waals surface area contributed by atoms with Crippen LogP contribution in [0.1, 0.15) is 102 Å². The van der Waals surface area contributed by atoms with Crippen LogP contribution >= 0.6 is 0 Å². The fourth-order valence-corrected chi connectivity index (χ4v) is 9.23. The summed E-state index contributed by atoms with van der Waals surface area (Å²) in [4.78, 5) is 4.52. The highest BCUT2D eigenvalue weighted by Crippen LogP contribution is 2.65. The summed E-state index contributed by atoms with van der Waals surface area (Å²) in [6.07, 6.45) is 19.0. The van der Waals surface area contributed by atoms with Crippen molar-refractivity contribution in [3.05, 3.63) is 29.6 Å². The second-order valence-electron chi connectivity index (χ2n) is 12.3. The second-order valence-corrected chi connectivity index (χ2v) is 12.3. The second kappa shape index (κ2) is 8.47. The molecule has 4 fully saturated rings. The van der Waals surface area contributed by atoms with Gasteiger partial charge in [0.25, 0.3) is 0 Å². The molecule has 2 heteroatoms. The minimum Gasteiger partial charge on any atom is -0.390 e. The standard InChI is InChI=1S/C29H45NO/c1-4-15-29(31)17-14-24-22(18-29)8-11-26-25(24)13-16-28(3)23(10-12-27(26)28)9-7-21-6-5-20(2)30-19-21/h5-6,19,22-27,31H,4,7-18H2,1-3H3/t22-,23+,24+,25-,26-,27+,28-,29-/m1/s1. The summed E-state index contributed by atoms with van der Waals surface area (Å²) in [5, 5.41) is 11.1. The quantitative estimate of drug-likeness (QED) is 0.547. The van der Waals surface area contributed by atoms with E-state index in [0.717, 1.165) is 66.9 Å². The number of aromatic nitrogens is 1. The van der Waals surface area contributed by atoms with Gasteiger partial charge in [-0.25, -0.2) is 0 Å². The summed E-state index contributed by atoms with van der Waals surface area (Å²) in [6.45, 7) is 6.98. The minimum absolute atomic E-state index is 0.338. The molecule has 0 aliphatic heterocycles. The first-order chi connectivity index (χ1) is 14.9. The van der Waals surface area contributed by atoms with Crippen LogP contribution in [-0.2, 0) is 6.42 Å². The van der Waals surface area contributed by atoms with E-state index in [9.17, 15) is 5.11 Å². The number of pyridine rings is 1. The predicted octanol–water partition coefficient (Wildman–Crippen LogP) is 7.12. The lowest BCUT2D eigenvalue weighted by molar-refractivity contribution is -0.108. The molecule has 1 N–H and O–H groups in total. The smallest absolute Gasteiger partial charge is 0.0650 e. The number of hydrogen-bond acceptors (Lipinski definition) is 2. The summed E-state index contributed by atoms with van der Waals surface area (Å²) in [5.41, 5.74) is 2.79. The van der Waals surface area contributed by atoms with Gasteiger partial charge in [-0.3, -0.25) is 4.98 Å². The molecule has 0 aromatic carbocycles. The molecule has 8 atom stereocenters. The van der Waals surface area contributed by atoms with Crippen LogP contribution in [0.5, 0.6) is 0 Å². The van der Waals surface area contributed by atoms with Gasteiger partial charge in [0.05, 0.1) is 5.60 Å². The maximum atomic E-state index is 11.1. The Morgan fingerprint density at radius 2 is 1.84 bits per heavy atom. The van der Waals surface area contributed by atoms with Crippen molar-refractivity contribution in [2.75, 3.05) is 0 Å². The van der Waals surface area contributed by atoms with Gasteiger partial charge in [0, 0.05) is 11.9 Å². The van der Waals surface area contributed by atoms with Crippen LogP contribution in [0.3, 0.4) is 0 Å². The van der Waals surface area contributed by atoms with E-state index in [0.29, 0.717) is 5.41 Å². The molecule has 0 radical (unpaired) electrons. The third-order valence-electron chi connectivity index (χ3n) is 10.8. The van der Waals surface area contributed by atoms with Crippen LogP contribution in [0.15, 0.2) is 18.3 Å². The van der Waals surface area contributed by atoms with Gasteiger partial charge in [0.2, 0.25) is 0 Å². The van der Waals surface area contributed by atoms with E-state index in [4.69, 9.17) is 0 Å². The van der Waals surface area contributed by atoms with Crippen LogP contribution in [0.2, 0.25) is 0 Å². The molecule has 0 unspecified atom stereocenters. The first-order valence-electron chi connectivity index (χ1n) is 13.6. The molecule has 4 aliphatic rings. The molecule has 1 aromatic rings. The van der Waals surface area contributed by atoms with Crippen molar-refractivity contribution in [2.24, 2.45) is 40.9 Å². The molecule has 1 aromatic heterocycles. The molecular weight excluding hydrogens is 378 g/mol. The van der Waals surface area contributed by atoms with Gasteiger partial charge >= 0.3 is 0 Å². The maximum absolute atomic E-state index is 11.1. The van der Waals surface area contributed by atoms with Crippen molar-refractivity contribution in [2.45, 2.75) is 110 Å². The van der Waals surface area contributed by atoms with E-state index < -0.39 is 0 Å². The van der Waals surface area contributed by atoms with Crippen molar-refractivity contribution in [1.29, 1.82) is 0 Å². The lowest BCUT2D eigenvalue weighted by Crippen LogP contribution is -2.51. The van der Waals surface area contributed by atoms with Gasteiger partial charge in [-0.15, -0.1) is 0 Å². The Hall–Kier alpha value is -0.890. The van der Waals surface area contributed by atoms with Gasteiger partial charge < -0.3 is 5.11 Å². The fourth-order valence-electron chi connectivity index (χ4n) is 9.23. The van der Waals surface area contributed by atoms with E-state index in [1.807, 2.05) is 0 Å². The SMILES string of the molecule is CCC[C@@]1(O)CC[C@H]2[C@H](CC[C@@H]3[C@@H]2CC[C@]2(C)[C@@H](CCc4ccc(C)nc4)CC[C@@H]32)C1. The highest BCUT2D eigenvalue weighted by Gasteiger charge is 2.57. The molecule has 1 heterocycles. The molecule has 0 amide bonds. The molecular formula is C29H45NO. The summed E-state index contributed by atoms with van der Waals surface area (Å²) in [6, 6.07) is 4.46. The maximum Gasteiger partial charge on any atom is 0.0650 e. The normalized spacial score (nSPS) is 44.4. The average molecular weight is 424 g/mol. The number of aliphatic hydroxyl groups is 1. The Bertz CT molecular complexity index is 759. The number of nitrogens with zero attached hydrogens (tertiary/aromatic N) is 1. The molecule has 31 heavy (non-hydrogen) atoms. The lowest BCUT2D eigenvalue weighted by Gasteiger charge is -2.57. The summed E-state index contributed by atoms with van der Waals surface area (Å²) in [5.74, 6) is 5.52. The van der Waals surface area contributed by atoms with Gasteiger partial charge in [0.15, 0.2) is 0 Å². The largest absolute Gasteiger partial charge is 0.390 e. The zero-order valence-corrected chi connectivity index (χ0v) is 20.3. The van der Waals surface area contributed by atoms with E-state index >= 15 is 0 Å². The molecule has 2 nitrogen and oxygen atoms in total. The van der Waals surface area contributed by atoms with Crippen LogP contribution in [0.25, 0.3) is 0 Å². The highest BCUT2D eigenvalue weighted by molar-refractivity contribution is 5.14. The molecule has 4 saturated carbocycles. The topological polar surface area (TPSA) is 33.1 Å². The minimum atomic E-state index is -0.338. The monoisotopic (exact) mass is 423 g/mol. The zero-order valence-electron chi connectivity index (χ0n) is 20.3. The molecule has 0 spiro atoms. The third kappa shape index (κ3) is 4.00. The van der Waals surface area contributed by atoms with E-state index in [1.165, 1.54) is 63.4 Å². The van der Waals surface area contributed by atoms with E-state index in [1.54, 1.807) is 0 Å². The van der Waals surface area contributed by atoms with Crippen LogP contribution < -0.4 is 0 Å². The number of rotatable bonds is 5.